The van der Waals surface area contributed by atoms with Crippen LogP contribution in [0.4, 0.5) is 5.69 Å². The van der Waals surface area contributed by atoms with Crippen molar-refractivity contribution >= 4 is 21.6 Å². The Labute approximate surface area is 118 Å². The van der Waals surface area contributed by atoms with Crippen LogP contribution in [0, 0.1) is 13.8 Å². The molecule has 1 aliphatic rings. The fourth-order valence-corrected chi connectivity index (χ4v) is 3.28. The monoisotopic (exact) mass is 311 g/mol. The largest absolute Gasteiger partial charge is 0.381 e. The van der Waals surface area contributed by atoms with E-state index < -0.39 is 0 Å². The van der Waals surface area contributed by atoms with Crippen LogP contribution in [0.2, 0.25) is 0 Å². The molecule has 0 N–H and O–H groups in total. The summed E-state index contributed by atoms with van der Waals surface area (Å²) in [5, 5.41) is 0. The fraction of sp³-hybridized carbons (Fsp3) is 0.600. The number of nitrogens with zero attached hydrogens (tertiary/aromatic N) is 1. The standard InChI is InChI=1S/C15H22BrNO/c1-4-17(14-5-7-18-8-6-14)15-10-13(16)9-11(2)12(15)3/h9-10,14H,4-8H2,1-3H3. The van der Waals surface area contributed by atoms with Crippen molar-refractivity contribution in [3.05, 3.63) is 27.7 Å². The molecule has 1 fully saturated rings. The van der Waals surface area contributed by atoms with Crippen molar-refractivity contribution in [2.75, 3.05) is 24.7 Å². The number of hydrogen-bond acceptors (Lipinski definition) is 2. The molecule has 1 saturated heterocycles. The van der Waals surface area contributed by atoms with E-state index in [1.54, 1.807) is 0 Å². The second kappa shape index (κ2) is 6.07. The molecule has 18 heavy (non-hydrogen) atoms. The average Bonchev–Trinajstić information content (AvgIpc) is 2.37. The minimum Gasteiger partial charge on any atom is -0.381 e. The van der Waals surface area contributed by atoms with Gasteiger partial charge in [0, 0.05) is 36.0 Å². The lowest BCUT2D eigenvalue weighted by atomic mass is 10.0. The summed E-state index contributed by atoms with van der Waals surface area (Å²) in [4.78, 5) is 2.54. The molecular formula is C15H22BrNO. The minimum atomic E-state index is 0.621. The van der Waals surface area contributed by atoms with Crippen molar-refractivity contribution in [1.29, 1.82) is 0 Å². The molecule has 0 saturated carbocycles. The Morgan fingerprint density at radius 1 is 1.28 bits per heavy atom. The first-order chi connectivity index (χ1) is 8.63. The molecule has 0 amide bonds. The summed E-state index contributed by atoms with van der Waals surface area (Å²) >= 11 is 3.62. The summed E-state index contributed by atoms with van der Waals surface area (Å²) in [6, 6.07) is 5.06. The van der Waals surface area contributed by atoms with Gasteiger partial charge in [-0.3, -0.25) is 0 Å². The predicted octanol–water partition coefficient (Wildman–Crippen LogP) is 4.07. The van der Waals surface area contributed by atoms with Gasteiger partial charge in [-0.25, -0.2) is 0 Å². The summed E-state index contributed by atoms with van der Waals surface area (Å²) in [5.41, 5.74) is 4.12. The fourth-order valence-electron chi connectivity index (χ4n) is 2.72. The highest BCUT2D eigenvalue weighted by atomic mass is 79.9. The molecule has 0 unspecified atom stereocenters. The summed E-state index contributed by atoms with van der Waals surface area (Å²) in [6.07, 6.45) is 2.28. The van der Waals surface area contributed by atoms with Crippen molar-refractivity contribution in [1.82, 2.24) is 0 Å². The maximum absolute atomic E-state index is 5.47. The Morgan fingerprint density at radius 2 is 1.94 bits per heavy atom. The van der Waals surface area contributed by atoms with Crippen molar-refractivity contribution in [2.45, 2.75) is 39.7 Å². The number of aryl methyl sites for hydroxylation is 1. The first-order valence-electron chi connectivity index (χ1n) is 6.74. The smallest absolute Gasteiger partial charge is 0.0485 e. The number of halogens is 1. The molecule has 1 aliphatic heterocycles. The molecule has 0 aliphatic carbocycles. The Bertz CT molecular complexity index is 413. The molecule has 2 nitrogen and oxygen atoms in total. The SMILES string of the molecule is CCN(c1cc(Br)cc(C)c1C)C1CCOCC1. The van der Waals surface area contributed by atoms with E-state index >= 15 is 0 Å². The Morgan fingerprint density at radius 3 is 2.56 bits per heavy atom. The third kappa shape index (κ3) is 2.89. The second-order valence-electron chi connectivity index (χ2n) is 5.00. The minimum absolute atomic E-state index is 0.621. The summed E-state index contributed by atoms with van der Waals surface area (Å²) in [5.74, 6) is 0. The van der Waals surface area contributed by atoms with Crippen LogP contribution in [0.1, 0.15) is 30.9 Å². The molecule has 0 radical (unpaired) electrons. The van der Waals surface area contributed by atoms with Crippen LogP contribution in [0.25, 0.3) is 0 Å². The van der Waals surface area contributed by atoms with Gasteiger partial charge >= 0.3 is 0 Å². The Hall–Kier alpha value is -0.540. The van der Waals surface area contributed by atoms with Gasteiger partial charge < -0.3 is 9.64 Å². The summed E-state index contributed by atoms with van der Waals surface area (Å²) < 4.78 is 6.64. The quantitative estimate of drug-likeness (QED) is 0.834. The van der Waals surface area contributed by atoms with Crippen LogP contribution in [-0.4, -0.2) is 25.8 Å². The van der Waals surface area contributed by atoms with Gasteiger partial charge in [-0.1, -0.05) is 15.9 Å². The van der Waals surface area contributed by atoms with E-state index in [0.29, 0.717) is 6.04 Å². The van der Waals surface area contributed by atoms with Crippen LogP contribution < -0.4 is 4.90 Å². The lowest BCUT2D eigenvalue weighted by Gasteiger charge is -2.36. The molecule has 3 heteroatoms. The van der Waals surface area contributed by atoms with Crippen LogP contribution >= 0.6 is 15.9 Å². The van der Waals surface area contributed by atoms with Crippen LogP contribution in [-0.2, 0) is 4.74 Å². The van der Waals surface area contributed by atoms with Crippen LogP contribution in [0.15, 0.2) is 16.6 Å². The van der Waals surface area contributed by atoms with Gasteiger partial charge in [-0.2, -0.15) is 0 Å². The van der Waals surface area contributed by atoms with Gasteiger partial charge in [-0.15, -0.1) is 0 Å². The van der Waals surface area contributed by atoms with Gasteiger partial charge in [-0.05, 0) is 56.9 Å². The maximum Gasteiger partial charge on any atom is 0.0485 e. The van der Waals surface area contributed by atoms with Gasteiger partial charge in [0.15, 0.2) is 0 Å². The van der Waals surface area contributed by atoms with E-state index in [1.165, 1.54) is 21.3 Å². The Balaban J connectivity index is 2.31. The van der Waals surface area contributed by atoms with Crippen molar-refractivity contribution in [3.63, 3.8) is 0 Å². The number of rotatable bonds is 3. The molecule has 0 spiro atoms. The van der Waals surface area contributed by atoms with E-state index in [0.717, 1.165) is 32.6 Å². The lowest BCUT2D eigenvalue weighted by molar-refractivity contribution is 0.0846. The predicted molar refractivity (Wildman–Crippen MR) is 80.5 cm³/mol. The van der Waals surface area contributed by atoms with E-state index in [2.05, 4.69) is 53.7 Å². The highest BCUT2D eigenvalue weighted by molar-refractivity contribution is 9.10. The molecule has 0 atom stereocenters. The van der Waals surface area contributed by atoms with E-state index in [4.69, 9.17) is 4.74 Å². The van der Waals surface area contributed by atoms with E-state index in [9.17, 15) is 0 Å². The number of anilines is 1. The molecule has 1 aromatic carbocycles. The second-order valence-corrected chi connectivity index (χ2v) is 5.91. The summed E-state index contributed by atoms with van der Waals surface area (Å²) in [6.45, 7) is 9.49. The van der Waals surface area contributed by atoms with Gasteiger partial charge in [0.2, 0.25) is 0 Å². The van der Waals surface area contributed by atoms with Gasteiger partial charge in [0.25, 0.3) is 0 Å². The molecule has 2 rings (SSSR count). The maximum atomic E-state index is 5.47. The van der Waals surface area contributed by atoms with Crippen LogP contribution in [0.3, 0.4) is 0 Å². The summed E-state index contributed by atoms with van der Waals surface area (Å²) in [7, 11) is 0. The topological polar surface area (TPSA) is 12.5 Å². The third-order valence-electron chi connectivity index (χ3n) is 3.89. The molecule has 1 heterocycles. The lowest BCUT2D eigenvalue weighted by Crippen LogP contribution is -2.39. The third-order valence-corrected chi connectivity index (χ3v) is 4.34. The zero-order valence-corrected chi connectivity index (χ0v) is 13.1. The highest BCUT2D eigenvalue weighted by Gasteiger charge is 2.22. The number of benzene rings is 1. The Kier molecular flexibility index (Phi) is 4.68. The molecule has 100 valence electrons. The zero-order valence-electron chi connectivity index (χ0n) is 11.5. The average molecular weight is 312 g/mol. The molecule has 1 aromatic rings. The first-order valence-corrected chi connectivity index (χ1v) is 7.54. The van der Waals surface area contributed by atoms with Crippen molar-refractivity contribution in [2.24, 2.45) is 0 Å². The van der Waals surface area contributed by atoms with Gasteiger partial charge in [0.05, 0.1) is 0 Å². The molecule has 0 bridgehead atoms. The first kappa shape index (κ1) is 13.9. The van der Waals surface area contributed by atoms with Crippen molar-refractivity contribution < 1.29 is 4.74 Å². The van der Waals surface area contributed by atoms with E-state index in [-0.39, 0.29) is 0 Å². The molecular weight excluding hydrogens is 290 g/mol. The normalized spacial score (nSPS) is 16.9. The highest BCUT2D eigenvalue weighted by Crippen LogP contribution is 2.31. The molecule has 0 aromatic heterocycles. The van der Waals surface area contributed by atoms with Gasteiger partial charge in [0.1, 0.15) is 0 Å². The number of hydrogen-bond donors (Lipinski definition) is 0. The number of ether oxygens (including phenoxy) is 1. The van der Waals surface area contributed by atoms with E-state index in [1.807, 2.05) is 0 Å². The van der Waals surface area contributed by atoms with Crippen molar-refractivity contribution in [3.8, 4) is 0 Å². The van der Waals surface area contributed by atoms with Crippen LogP contribution in [0.5, 0.6) is 0 Å². The zero-order chi connectivity index (χ0) is 13.1.